The number of aromatic nitrogens is 6. The minimum Gasteiger partial charge on any atom is -0.463 e. The summed E-state index contributed by atoms with van der Waals surface area (Å²) >= 11 is 0. The lowest BCUT2D eigenvalue weighted by Crippen LogP contribution is -2.12. The number of hydrogen-bond donors (Lipinski definition) is 2. The molecule has 2 aromatic heterocycles. The fourth-order valence-corrected chi connectivity index (χ4v) is 1.55. The third kappa shape index (κ3) is 3.53. The molecule has 0 saturated heterocycles. The van der Waals surface area contributed by atoms with Crippen LogP contribution in [0.15, 0.2) is 6.33 Å². The van der Waals surface area contributed by atoms with Crippen LogP contribution in [-0.4, -0.2) is 36.3 Å². The number of nitrogens with two attached hydrogens (primary N) is 1. The van der Waals surface area contributed by atoms with Crippen molar-refractivity contribution >= 4 is 11.9 Å². The van der Waals surface area contributed by atoms with Gasteiger partial charge in [-0.05, 0) is 13.3 Å². The number of hydrogen-bond acceptors (Lipinski definition) is 8. The maximum Gasteiger partial charge on any atom is 0.323 e. The molecular formula is C11H18N8O. The second-order valence-electron chi connectivity index (χ2n) is 4.03. The molecule has 9 nitrogen and oxygen atoms in total. The van der Waals surface area contributed by atoms with E-state index >= 15 is 0 Å². The average molecular weight is 278 g/mol. The Kier molecular flexibility index (Phi) is 4.64. The lowest BCUT2D eigenvalue weighted by Gasteiger charge is -2.08. The third-order valence-corrected chi connectivity index (χ3v) is 2.51. The molecule has 2 heterocycles. The number of rotatable bonds is 7. The largest absolute Gasteiger partial charge is 0.463 e. The zero-order valence-corrected chi connectivity index (χ0v) is 11.6. The maximum atomic E-state index is 5.62. The zero-order valence-electron chi connectivity index (χ0n) is 11.6. The molecule has 0 radical (unpaired) electrons. The summed E-state index contributed by atoms with van der Waals surface area (Å²) in [6.45, 7) is 5.80. The van der Waals surface area contributed by atoms with Crippen LogP contribution in [0.1, 0.15) is 26.1 Å². The lowest BCUT2D eigenvalue weighted by molar-refractivity contribution is 0.292. The molecule has 0 unspecified atom stereocenters. The van der Waals surface area contributed by atoms with Crippen molar-refractivity contribution in [3.63, 3.8) is 0 Å². The summed E-state index contributed by atoms with van der Waals surface area (Å²) in [6, 6.07) is 0.221. The van der Waals surface area contributed by atoms with Crippen LogP contribution in [0, 0.1) is 0 Å². The zero-order chi connectivity index (χ0) is 14.4. The molecule has 9 heteroatoms. The van der Waals surface area contributed by atoms with E-state index in [1.165, 1.54) is 0 Å². The van der Waals surface area contributed by atoms with Crippen LogP contribution in [0.3, 0.4) is 0 Å². The van der Waals surface area contributed by atoms with Crippen molar-refractivity contribution in [3.05, 3.63) is 12.2 Å². The second-order valence-corrected chi connectivity index (χ2v) is 4.03. The minimum absolute atomic E-state index is 0.116. The van der Waals surface area contributed by atoms with Crippen LogP contribution < -0.4 is 15.8 Å². The molecule has 0 saturated carbocycles. The lowest BCUT2D eigenvalue weighted by atomic mass is 10.5. The van der Waals surface area contributed by atoms with Crippen LogP contribution in [0.5, 0.6) is 6.01 Å². The Balaban J connectivity index is 2.03. The van der Waals surface area contributed by atoms with Gasteiger partial charge in [-0.1, -0.05) is 6.92 Å². The molecule has 3 N–H and O–H groups in total. The third-order valence-electron chi connectivity index (χ3n) is 2.51. The summed E-state index contributed by atoms with van der Waals surface area (Å²) in [5.74, 6) is 1.27. The molecule has 2 rings (SSSR count). The van der Waals surface area contributed by atoms with Gasteiger partial charge in [0, 0.05) is 6.54 Å². The van der Waals surface area contributed by atoms with Crippen molar-refractivity contribution in [1.82, 2.24) is 29.7 Å². The SMILES string of the molecule is CCCOc1nc(N)nc(NCc2nncn2CC)n1. The molecule has 0 atom stereocenters. The summed E-state index contributed by atoms with van der Waals surface area (Å²) in [5, 5.41) is 10.9. The van der Waals surface area contributed by atoms with Crippen molar-refractivity contribution in [2.75, 3.05) is 17.7 Å². The summed E-state index contributed by atoms with van der Waals surface area (Å²) < 4.78 is 7.27. The van der Waals surface area contributed by atoms with Crippen LogP contribution in [-0.2, 0) is 13.1 Å². The van der Waals surface area contributed by atoms with Crippen LogP contribution in [0.25, 0.3) is 0 Å². The fraction of sp³-hybridized carbons (Fsp3) is 0.545. The van der Waals surface area contributed by atoms with E-state index in [2.05, 4.69) is 30.5 Å². The smallest absolute Gasteiger partial charge is 0.323 e. The highest BCUT2D eigenvalue weighted by atomic mass is 16.5. The van der Waals surface area contributed by atoms with E-state index in [0.717, 1.165) is 18.8 Å². The van der Waals surface area contributed by atoms with E-state index in [1.54, 1.807) is 6.33 Å². The monoisotopic (exact) mass is 278 g/mol. The topological polar surface area (TPSA) is 117 Å². The van der Waals surface area contributed by atoms with Gasteiger partial charge >= 0.3 is 6.01 Å². The summed E-state index contributed by atoms with van der Waals surface area (Å²) in [5.41, 5.74) is 5.62. The van der Waals surface area contributed by atoms with Crippen molar-refractivity contribution < 1.29 is 4.74 Å². The summed E-state index contributed by atoms with van der Waals surface area (Å²) in [6.07, 6.45) is 2.54. The molecular weight excluding hydrogens is 260 g/mol. The first-order chi connectivity index (χ1) is 9.72. The van der Waals surface area contributed by atoms with Gasteiger partial charge < -0.3 is 20.4 Å². The molecule has 20 heavy (non-hydrogen) atoms. The predicted octanol–water partition coefficient (Wildman–Crippen LogP) is 0.466. The molecule has 0 spiro atoms. The van der Waals surface area contributed by atoms with Gasteiger partial charge in [0.25, 0.3) is 0 Å². The van der Waals surface area contributed by atoms with Crippen LogP contribution >= 0.6 is 0 Å². The highest BCUT2D eigenvalue weighted by molar-refractivity contribution is 5.32. The molecule has 0 fully saturated rings. The van der Waals surface area contributed by atoms with Gasteiger partial charge in [0.1, 0.15) is 6.33 Å². The molecule has 0 aliphatic carbocycles. The molecule has 0 aliphatic rings. The molecule has 2 aromatic rings. The Morgan fingerprint density at radius 2 is 2.15 bits per heavy atom. The van der Waals surface area contributed by atoms with E-state index in [1.807, 2.05) is 18.4 Å². The highest BCUT2D eigenvalue weighted by Gasteiger charge is 2.07. The average Bonchev–Trinajstić information content (AvgIpc) is 2.90. The Morgan fingerprint density at radius 1 is 1.30 bits per heavy atom. The van der Waals surface area contributed by atoms with Gasteiger partial charge in [0.2, 0.25) is 11.9 Å². The molecule has 108 valence electrons. The van der Waals surface area contributed by atoms with E-state index in [4.69, 9.17) is 10.5 Å². The van der Waals surface area contributed by atoms with E-state index in [0.29, 0.717) is 19.1 Å². The van der Waals surface area contributed by atoms with Gasteiger partial charge in [0.15, 0.2) is 5.82 Å². The van der Waals surface area contributed by atoms with Crippen LogP contribution in [0.2, 0.25) is 0 Å². The van der Waals surface area contributed by atoms with Gasteiger partial charge in [-0.25, -0.2) is 0 Å². The summed E-state index contributed by atoms with van der Waals surface area (Å²) in [4.78, 5) is 12.0. The Hall–Kier alpha value is -2.45. The number of nitrogens with one attached hydrogen (secondary N) is 1. The number of ether oxygens (including phenoxy) is 1. The minimum atomic E-state index is 0.116. The fourth-order valence-electron chi connectivity index (χ4n) is 1.55. The molecule has 0 bridgehead atoms. The number of anilines is 2. The first kappa shape index (κ1) is 14.0. The predicted molar refractivity (Wildman–Crippen MR) is 73.0 cm³/mol. The highest BCUT2D eigenvalue weighted by Crippen LogP contribution is 2.10. The maximum absolute atomic E-state index is 5.62. The van der Waals surface area contributed by atoms with Crippen molar-refractivity contribution in [1.29, 1.82) is 0 Å². The normalized spacial score (nSPS) is 10.5. The standard InChI is InChI=1S/C11H18N8O/c1-3-5-20-11-16-9(12)15-10(17-11)13-6-8-18-14-7-19(8)4-2/h7H,3-6H2,1-2H3,(H3,12,13,15,16,17). The Bertz CT molecular complexity index is 555. The van der Waals surface area contributed by atoms with E-state index < -0.39 is 0 Å². The van der Waals surface area contributed by atoms with Crippen molar-refractivity contribution in [2.45, 2.75) is 33.4 Å². The van der Waals surface area contributed by atoms with Crippen molar-refractivity contribution in [2.24, 2.45) is 0 Å². The Labute approximate surface area is 116 Å². The van der Waals surface area contributed by atoms with E-state index in [-0.39, 0.29) is 12.0 Å². The first-order valence-corrected chi connectivity index (χ1v) is 6.47. The van der Waals surface area contributed by atoms with Gasteiger partial charge in [-0.2, -0.15) is 15.0 Å². The molecule has 0 aliphatic heterocycles. The van der Waals surface area contributed by atoms with Crippen molar-refractivity contribution in [3.8, 4) is 6.01 Å². The van der Waals surface area contributed by atoms with Crippen LogP contribution in [0.4, 0.5) is 11.9 Å². The Morgan fingerprint density at radius 3 is 2.90 bits per heavy atom. The van der Waals surface area contributed by atoms with E-state index in [9.17, 15) is 0 Å². The molecule has 0 aromatic carbocycles. The van der Waals surface area contributed by atoms with Gasteiger partial charge in [0.05, 0.1) is 13.2 Å². The number of nitrogens with zero attached hydrogens (tertiary/aromatic N) is 6. The van der Waals surface area contributed by atoms with Gasteiger partial charge in [-0.3, -0.25) is 0 Å². The quantitative estimate of drug-likeness (QED) is 0.750. The number of aryl methyl sites for hydroxylation is 1. The number of nitrogen functional groups attached to an aromatic ring is 1. The summed E-state index contributed by atoms with van der Waals surface area (Å²) in [7, 11) is 0. The molecule has 0 amide bonds. The first-order valence-electron chi connectivity index (χ1n) is 6.47. The van der Waals surface area contributed by atoms with Gasteiger partial charge in [-0.15, -0.1) is 10.2 Å². The second kappa shape index (κ2) is 6.64.